The minimum absolute atomic E-state index is 0.0462. The minimum atomic E-state index is -1.04. The molecule has 4 aliphatic rings. The Balaban J connectivity index is 0.868. The van der Waals surface area contributed by atoms with Crippen LogP contribution in [-0.2, 0) is 40.4 Å². The number of amides is 4. The first-order chi connectivity index (χ1) is 27.3. The van der Waals surface area contributed by atoms with Crippen molar-refractivity contribution in [1.29, 1.82) is 0 Å². The maximum atomic E-state index is 15.9. The standard InChI is InChI=1S/C41H40FN9O4S/c42-31-21-27(20-29-30(31)23-51(40(29)55)37(39(54)47-41-43-13-19-56-41)36-34-6-3-14-50(34)24-44-36)25-7-9-28(10-8-25)49-17-15-48(16-18-49)22-26-4-1-2-5-32(26)45-33-11-12-35(52)46-38(33)53/h1-2,4-5,7-10,13,19-21,24,33,37,45H,3,6,11-12,14-18,22-23H2,(H,43,47,54)(H,46,52,53). The number of hydrogen-bond acceptors (Lipinski definition) is 10. The summed E-state index contributed by atoms with van der Waals surface area (Å²) in [5.41, 5.74) is 6.37. The van der Waals surface area contributed by atoms with Gasteiger partial charge in [0.25, 0.3) is 11.8 Å². The van der Waals surface area contributed by atoms with E-state index in [-0.39, 0.29) is 29.5 Å². The molecule has 3 aromatic carbocycles. The van der Waals surface area contributed by atoms with Crippen LogP contribution in [0.25, 0.3) is 11.1 Å². The van der Waals surface area contributed by atoms with Gasteiger partial charge in [0.05, 0.1) is 18.6 Å². The first-order valence-corrected chi connectivity index (χ1v) is 19.8. The van der Waals surface area contributed by atoms with E-state index >= 15 is 4.39 Å². The molecule has 2 aromatic heterocycles. The number of piperidine rings is 1. The highest BCUT2D eigenvalue weighted by Gasteiger charge is 2.42. The average molecular weight is 774 g/mol. The summed E-state index contributed by atoms with van der Waals surface area (Å²) in [6.07, 6.45) is 5.77. The van der Waals surface area contributed by atoms with Crippen molar-refractivity contribution < 1.29 is 23.6 Å². The number of nitrogens with zero attached hydrogens (tertiary/aromatic N) is 6. The zero-order valence-electron chi connectivity index (χ0n) is 30.5. The number of fused-ring (bicyclic) bond motifs is 2. The number of imidazole rings is 1. The quantitative estimate of drug-likeness (QED) is 0.168. The summed E-state index contributed by atoms with van der Waals surface area (Å²) in [5, 5.41) is 10.8. The number of carbonyl (C=O) groups excluding carboxylic acids is 4. The number of para-hydroxylation sites is 1. The van der Waals surface area contributed by atoms with Gasteiger partial charge in [-0.15, -0.1) is 11.3 Å². The Morgan fingerprint density at radius 3 is 2.57 bits per heavy atom. The molecule has 6 heterocycles. The van der Waals surface area contributed by atoms with Crippen molar-refractivity contribution in [3.05, 3.63) is 112 Å². The van der Waals surface area contributed by atoms with Crippen LogP contribution in [0.1, 0.15) is 58.2 Å². The predicted molar refractivity (Wildman–Crippen MR) is 209 cm³/mol. The zero-order valence-corrected chi connectivity index (χ0v) is 31.4. The third kappa shape index (κ3) is 6.92. The fourth-order valence-electron chi connectivity index (χ4n) is 8.25. The Bertz CT molecular complexity index is 2320. The first kappa shape index (κ1) is 35.8. The molecule has 4 aliphatic heterocycles. The lowest BCUT2D eigenvalue weighted by molar-refractivity contribution is -0.133. The summed E-state index contributed by atoms with van der Waals surface area (Å²) < 4.78 is 17.9. The molecule has 2 unspecified atom stereocenters. The molecule has 0 aliphatic carbocycles. The SMILES string of the molecule is O=C1CCC(Nc2ccccc2CN2CCN(c3ccc(-c4cc(F)c5c(c4)C(=O)N(C(C(=O)Nc4nccs4)c4ncn6c4CCC6)C5)cc3)CC2)C(=O)N1. The van der Waals surface area contributed by atoms with Crippen LogP contribution in [0.15, 0.2) is 78.6 Å². The number of thiazole rings is 1. The Labute approximate surface area is 326 Å². The van der Waals surface area contributed by atoms with Crippen LogP contribution in [0.3, 0.4) is 0 Å². The van der Waals surface area contributed by atoms with Gasteiger partial charge in [0, 0.05) is 85.5 Å². The largest absolute Gasteiger partial charge is 0.373 e. The molecule has 0 radical (unpaired) electrons. The van der Waals surface area contributed by atoms with E-state index in [1.54, 1.807) is 24.0 Å². The molecule has 13 nitrogen and oxygen atoms in total. The van der Waals surface area contributed by atoms with Crippen molar-refractivity contribution in [3.63, 3.8) is 0 Å². The predicted octanol–water partition coefficient (Wildman–Crippen LogP) is 4.97. The number of aromatic nitrogens is 3. The molecule has 56 heavy (non-hydrogen) atoms. The molecule has 5 aromatic rings. The maximum Gasteiger partial charge on any atom is 0.255 e. The van der Waals surface area contributed by atoms with E-state index in [2.05, 4.69) is 41.8 Å². The van der Waals surface area contributed by atoms with E-state index in [0.29, 0.717) is 29.2 Å². The van der Waals surface area contributed by atoms with Crippen LogP contribution in [0.4, 0.5) is 20.9 Å². The summed E-state index contributed by atoms with van der Waals surface area (Å²) in [6.45, 7) is 4.79. The van der Waals surface area contributed by atoms with Crippen molar-refractivity contribution in [2.45, 2.75) is 57.4 Å². The molecule has 0 saturated carbocycles. The molecular formula is C41H40FN9O4S. The summed E-state index contributed by atoms with van der Waals surface area (Å²) >= 11 is 1.28. The minimum Gasteiger partial charge on any atom is -0.373 e. The van der Waals surface area contributed by atoms with Gasteiger partial charge >= 0.3 is 0 Å². The van der Waals surface area contributed by atoms with E-state index in [9.17, 15) is 19.2 Å². The van der Waals surface area contributed by atoms with Gasteiger partial charge in [-0.1, -0.05) is 30.3 Å². The van der Waals surface area contributed by atoms with Crippen LogP contribution in [0.2, 0.25) is 0 Å². The molecule has 0 bridgehead atoms. The number of imide groups is 1. The highest BCUT2D eigenvalue weighted by Crippen LogP contribution is 2.38. The highest BCUT2D eigenvalue weighted by molar-refractivity contribution is 7.13. The molecule has 2 saturated heterocycles. The second kappa shape index (κ2) is 15.0. The molecule has 2 atom stereocenters. The van der Waals surface area contributed by atoms with Gasteiger partial charge in [-0.05, 0) is 66.3 Å². The number of piperazine rings is 1. The lowest BCUT2D eigenvalue weighted by Gasteiger charge is -2.36. The van der Waals surface area contributed by atoms with E-state index in [4.69, 9.17) is 0 Å². The molecule has 286 valence electrons. The highest BCUT2D eigenvalue weighted by atomic mass is 32.1. The third-order valence-corrected chi connectivity index (χ3v) is 11.9. The number of anilines is 3. The molecular weight excluding hydrogens is 734 g/mol. The molecule has 0 spiro atoms. The molecule has 3 N–H and O–H groups in total. The number of nitrogens with one attached hydrogen (secondary N) is 3. The third-order valence-electron chi connectivity index (χ3n) is 11.2. The lowest BCUT2D eigenvalue weighted by Crippen LogP contribution is -2.48. The second-order valence-electron chi connectivity index (χ2n) is 14.6. The van der Waals surface area contributed by atoms with Crippen molar-refractivity contribution in [1.82, 2.24) is 29.7 Å². The van der Waals surface area contributed by atoms with E-state index in [1.165, 1.54) is 22.3 Å². The Morgan fingerprint density at radius 1 is 0.964 bits per heavy atom. The van der Waals surface area contributed by atoms with Crippen molar-refractivity contribution in [2.75, 3.05) is 41.7 Å². The normalized spacial score (nSPS) is 18.8. The van der Waals surface area contributed by atoms with Gasteiger partial charge in [-0.2, -0.15) is 0 Å². The van der Waals surface area contributed by atoms with Crippen molar-refractivity contribution in [2.24, 2.45) is 0 Å². The van der Waals surface area contributed by atoms with Crippen LogP contribution < -0.4 is 20.9 Å². The van der Waals surface area contributed by atoms with Gasteiger partial charge in [0.1, 0.15) is 11.9 Å². The van der Waals surface area contributed by atoms with Crippen LogP contribution in [-0.4, -0.2) is 80.2 Å². The van der Waals surface area contributed by atoms with Gasteiger partial charge in [-0.25, -0.2) is 14.4 Å². The smallest absolute Gasteiger partial charge is 0.255 e. The fourth-order valence-corrected chi connectivity index (χ4v) is 8.78. The summed E-state index contributed by atoms with van der Waals surface area (Å²) in [6, 6.07) is 17.7. The molecule has 4 amide bonds. The van der Waals surface area contributed by atoms with Crippen molar-refractivity contribution >= 4 is 51.5 Å². The van der Waals surface area contributed by atoms with E-state index < -0.39 is 29.7 Å². The molecule has 2 fully saturated rings. The Hall–Kier alpha value is -5.93. The number of rotatable bonds is 10. The van der Waals surface area contributed by atoms with Crippen LogP contribution in [0.5, 0.6) is 0 Å². The van der Waals surface area contributed by atoms with Gasteiger partial charge in [-0.3, -0.25) is 34.7 Å². The number of carbonyl (C=O) groups is 4. The summed E-state index contributed by atoms with van der Waals surface area (Å²) in [5.74, 6) is -1.86. The van der Waals surface area contributed by atoms with Gasteiger partial charge in [0.2, 0.25) is 11.8 Å². The summed E-state index contributed by atoms with van der Waals surface area (Å²) in [7, 11) is 0. The fraction of sp³-hybridized carbons (Fsp3) is 0.317. The van der Waals surface area contributed by atoms with Gasteiger partial charge < -0.3 is 19.7 Å². The van der Waals surface area contributed by atoms with Gasteiger partial charge in [0.15, 0.2) is 11.2 Å². The Kier molecular flexibility index (Phi) is 9.55. The van der Waals surface area contributed by atoms with E-state index in [0.717, 1.165) is 80.3 Å². The number of benzene rings is 3. The number of halogens is 1. The average Bonchev–Trinajstić information content (AvgIpc) is 4.02. The van der Waals surface area contributed by atoms with Crippen LogP contribution in [0, 0.1) is 5.82 Å². The number of hydrogen-bond donors (Lipinski definition) is 3. The lowest BCUT2D eigenvalue weighted by atomic mass is 9.99. The molecule has 9 rings (SSSR count). The first-order valence-electron chi connectivity index (χ1n) is 18.9. The Morgan fingerprint density at radius 2 is 1.79 bits per heavy atom. The van der Waals surface area contributed by atoms with Crippen molar-refractivity contribution in [3.8, 4) is 11.1 Å². The monoisotopic (exact) mass is 773 g/mol. The number of aryl methyl sites for hydroxylation is 1. The summed E-state index contributed by atoms with van der Waals surface area (Å²) in [4.78, 5) is 66.8. The maximum absolute atomic E-state index is 15.9. The zero-order chi connectivity index (χ0) is 38.3. The molecule has 15 heteroatoms. The topological polar surface area (TPSA) is 145 Å². The van der Waals surface area contributed by atoms with E-state index in [1.807, 2.05) is 47.0 Å². The van der Waals surface area contributed by atoms with Crippen LogP contribution >= 0.6 is 11.3 Å². The second-order valence-corrected chi connectivity index (χ2v) is 15.5.